The summed E-state index contributed by atoms with van der Waals surface area (Å²) in [5.74, 6) is -4.09. The summed E-state index contributed by atoms with van der Waals surface area (Å²) < 4.78 is 53.1. The first-order valence-corrected chi connectivity index (χ1v) is 4.14. The van der Waals surface area contributed by atoms with Crippen LogP contribution in [-0.4, -0.2) is 22.5 Å². The van der Waals surface area contributed by atoms with Gasteiger partial charge in [0.1, 0.15) is 0 Å². The molecule has 1 fully saturated rings. The summed E-state index contributed by atoms with van der Waals surface area (Å²) in [7, 11) is -1.22. The molecule has 0 unspecified atom stereocenters. The fourth-order valence-corrected chi connectivity index (χ4v) is 1.20. The molecule has 9 heteroatoms. The second-order valence-corrected chi connectivity index (χ2v) is 2.87. The van der Waals surface area contributed by atoms with Gasteiger partial charge in [0.15, 0.2) is 17.5 Å². The van der Waals surface area contributed by atoms with Crippen LogP contribution in [0.3, 0.4) is 0 Å². The van der Waals surface area contributed by atoms with E-state index < -0.39 is 24.6 Å². The van der Waals surface area contributed by atoms with Crippen molar-refractivity contribution in [3.8, 4) is 0 Å². The third-order valence-electron chi connectivity index (χ3n) is 1.92. The van der Waals surface area contributed by atoms with Crippen LogP contribution in [0.1, 0.15) is 0 Å². The number of benzene rings is 1. The molecule has 0 spiro atoms. The highest BCUT2D eigenvalue weighted by Gasteiger charge is 2.30. The van der Waals surface area contributed by atoms with Crippen LogP contribution in [0.15, 0.2) is 12.1 Å². The molecule has 15 heavy (non-hydrogen) atoms. The molecule has 1 aliphatic heterocycles. The third-order valence-corrected chi connectivity index (χ3v) is 1.92. The highest BCUT2D eigenvalue weighted by Crippen LogP contribution is 2.09. The molecule has 3 nitrogen and oxygen atoms in total. The van der Waals surface area contributed by atoms with Crippen LogP contribution in [0.25, 0.3) is 0 Å². The topological polar surface area (TPSA) is 27.7 Å². The summed E-state index contributed by atoms with van der Waals surface area (Å²) in [6.45, 7) is 0. The van der Waals surface area contributed by atoms with Gasteiger partial charge in [-0.1, -0.05) is 6.07 Å². The normalized spacial score (nSPS) is 15.8. The predicted octanol–water partition coefficient (Wildman–Crippen LogP) is -0.604. The molecule has 0 atom stereocenters. The van der Waals surface area contributed by atoms with Crippen molar-refractivity contribution in [3.05, 3.63) is 29.6 Å². The molecule has 0 amide bonds. The zero-order valence-electron chi connectivity index (χ0n) is 7.50. The van der Waals surface area contributed by atoms with Crippen molar-refractivity contribution in [3.63, 3.8) is 0 Å². The monoisotopic (exact) mass is 214 g/mol. The number of hydrogen-bond donors (Lipinski definition) is 0. The van der Waals surface area contributed by atoms with Gasteiger partial charge < -0.3 is 13.7 Å². The van der Waals surface area contributed by atoms with Crippen LogP contribution < -0.4 is 5.46 Å². The fourth-order valence-electron chi connectivity index (χ4n) is 1.20. The van der Waals surface area contributed by atoms with Crippen LogP contribution >= 0.6 is 0 Å². The summed E-state index contributed by atoms with van der Waals surface area (Å²) >= 11 is 0. The van der Waals surface area contributed by atoms with E-state index in [1.54, 1.807) is 0 Å². The summed E-state index contributed by atoms with van der Waals surface area (Å²) in [5.41, 5.74) is -0.183. The highest BCUT2D eigenvalue weighted by atomic mass is 19.2. The van der Waals surface area contributed by atoms with E-state index in [-0.39, 0.29) is 20.8 Å². The molecule has 0 aromatic heterocycles. The van der Waals surface area contributed by atoms with Gasteiger partial charge in [0.25, 0.3) is 0 Å². The lowest BCUT2D eigenvalue weighted by Crippen LogP contribution is -2.46. The first kappa shape index (κ1) is 10.6. The molecule has 0 radical (unpaired) electrons. The molecule has 0 N–H and O–H groups in total. The van der Waals surface area contributed by atoms with Gasteiger partial charge in [-0.3, -0.25) is 0 Å². The van der Waals surface area contributed by atoms with Gasteiger partial charge in [-0.05, 0) is 6.07 Å². The summed E-state index contributed by atoms with van der Waals surface area (Å²) in [5, 5.41) is 0. The average molecular weight is 214 g/mol. The zero-order valence-corrected chi connectivity index (χ0v) is 7.50. The van der Waals surface area contributed by atoms with E-state index in [1.807, 2.05) is 0 Å². The molecule has 1 aliphatic rings. The molecule has 76 valence electrons. The van der Waals surface area contributed by atoms with Gasteiger partial charge in [0.2, 0.25) is 0 Å². The number of hydrogen-bond acceptors (Lipinski definition) is 3. The fraction of sp³-hybridized carbons (Fsp3) is 0. The Morgan fingerprint density at radius 2 is 1.67 bits per heavy atom. The van der Waals surface area contributed by atoms with E-state index in [9.17, 15) is 13.2 Å². The largest absolute Gasteiger partial charge is 0.469 e. The summed E-state index contributed by atoms with van der Waals surface area (Å²) in [4.78, 5) is 0. The van der Waals surface area contributed by atoms with E-state index >= 15 is 0 Å². The van der Waals surface area contributed by atoms with Crippen molar-refractivity contribution in [1.29, 1.82) is 0 Å². The van der Waals surface area contributed by atoms with Gasteiger partial charge >= 0.3 is 22.5 Å². The minimum absolute atomic E-state index is 0.0803. The van der Waals surface area contributed by atoms with Crippen molar-refractivity contribution in [2.45, 2.75) is 0 Å². The Bertz CT molecular complexity index is 372. The zero-order chi connectivity index (χ0) is 10.8. The van der Waals surface area contributed by atoms with Gasteiger partial charge in [0.05, 0.1) is 0 Å². The van der Waals surface area contributed by atoms with Crippen molar-refractivity contribution in [1.82, 2.24) is 0 Å². The second-order valence-electron chi connectivity index (χ2n) is 2.87. The Balaban J connectivity index is 2.31. The van der Waals surface area contributed by atoms with E-state index in [2.05, 4.69) is 4.57 Å². The van der Waals surface area contributed by atoms with Crippen LogP contribution in [-0.2, 0) is 13.7 Å². The number of rotatable bonds is 1. The van der Waals surface area contributed by atoms with Crippen LogP contribution in [0.5, 0.6) is 0 Å². The Kier molecular flexibility index (Phi) is 3.04. The lowest BCUT2D eigenvalue weighted by atomic mass is 9.75. The lowest BCUT2D eigenvalue weighted by Gasteiger charge is -2.19. The Hall–Kier alpha value is -0.915. The summed E-state index contributed by atoms with van der Waals surface area (Å²) in [6, 6.07) is 1.89. The van der Waals surface area contributed by atoms with Crippen LogP contribution in [0, 0.1) is 17.5 Å². The molecule has 0 aliphatic carbocycles. The van der Waals surface area contributed by atoms with Crippen molar-refractivity contribution in [2.75, 3.05) is 0 Å². The standard InChI is InChI=1S/C6H4B3F3O3/c10-4-2-1-3(5(11)6(4)12)9-14-7-13-8-15-9/h1-2,7-8H. The molecular formula is C6H4B3F3O3. The second kappa shape index (κ2) is 4.30. The molecular weight excluding hydrogens is 209 g/mol. The third kappa shape index (κ3) is 2.04. The van der Waals surface area contributed by atoms with E-state index in [0.717, 1.165) is 12.1 Å². The van der Waals surface area contributed by atoms with Gasteiger partial charge in [-0.25, -0.2) is 13.2 Å². The lowest BCUT2D eigenvalue weighted by molar-refractivity contribution is 0.331. The maximum atomic E-state index is 13.2. The van der Waals surface area contributed by atoms with E-state index in [4.69, 9.17) is 9.14 Å². The molecule has 0 bridgehead atoms. The Morgan fingerprint density at radius 3 is 2.33 bits per heavy atom. The van der Waals surface area contributed by atoms with Crippen molar-refractivity contribution < 1.29 is 26.9 Å². The first-order valence-electron chi connectivity index (χ1n) is 4.14. The Morgan fingerprint density at radius 1 is 1.00 bits per heavy atom. The average Bonchev–Trinajstić information content (AvgIpc) is 2.27. The van der Waals surface area contributed by atoms with Crippen LogP contribution in [0.4, 0.5) is 13.2 Å². The van der Waals surface area contributed by atoms with Gasteiger partial charge in [0, 0.05) is 5.46 Å². The maximum absolute atomic E-state index is 13.2. The number of halogens is 3. The van der Waals surface area contributed by atoms with Crippen molar-refractivity contribution in [2.24, 2.45) is 0 Å². The molecule has 1 saturated heterocycles. The molecule has 1 aromatic carbocycles. The van der Waals surface area contributed by atoms with Gasteiger partial charge in [-0.2, -0.15) is 0 Å². The molecule has 2 rings (SSSR count). The quantitative estimate of drug-likeness (QED) is 0.460. The smallest absolute Gasteiger partial charge is 0.458 e. The van der Waals surface area contributed by atoms with Gasteiger partial charge in [-0.15, -0.1) is 0 Å². The maximum Gasteiger partial charge on any atom is 0.469 e. The van der Waals surface area contributed by atoms with E-state index in [0.29, 0.717) is 0 Å². The highest BCUT2D eigenvalue weighted by molar-refractivity contribution is 6.71. The SMILES string of the molecule is Fc1ccc(B2OBOBO2)c(F)c1F. The van der Waals surface area contributed by atoms with Crippen LogP contribution in [0.2, 0.25) is 0 Å². The minimum Gasteiger partial charge on any atom is -0.458 e. The van der Waals surface area contributed by atoms with Crippen molar-refractivity contribution >= 4 is 28.0 Å². The van der Waals surface area contributed by atoms with E-state index in [1.165, 1.54) is 0 Å². The predicted molar refractivity (Wildman–Crippen MR) is 49.3 cm³/mol. The summed E-state index contributed by atoms with van der Waals surface area (Å²) in [6.07, 6.45) is 0. The molecule has 1 heterocycles. The first-order chi connectivity index (χ1) is 7.20. The minimum atomic E-state index is -1.54. The molecule has 0 saturated carbocycles. The Labute approximate surface area is 85.3 Å². The molecule has 1 aromatic rings.